The van der Waals surface area contributed by atoms with Crippen molar-refractivity contribution in [1.29, 1.82) is 0 Å². The van der Waals surface area contributed by atoms with Crippen molar-refractivity contribution >= 4 is 0 Å². The summed E-state index contributed by atoms with van der Waals surface area (Å²) in [5.74, 6) is 0.651. The van der Waals surface area contributed by atoms with Crippen LogP contribution in [0.3, 0.4) is 0 Å². The Hall–Kier alpha value is -1.99. The van der Waals surface area contributed by atoms with E-state index >= 15 is 0 Å². The Balaban J connectivity index is 1.92. The maximum absolute atomic E-state index is 12.9. The van der Waals surface area contributed by atoms with Crippen LogP contribution >= 0.6 is 0 Å². The topological polar surface area (TPSA) is 39.5 Å². The minimum absolute atomic E-state index is 0.553. The van der Waals surface area contributed by atoms with Gasteiger partial charge in [-0.25, -0.2) is 4.68 Å². The van der Waals surface area contributed by atoms with Crippen molar-refractivity contribution in [3.8, 4) is 16.9 Å². The van der Waals surface area contributed by atoms with Crippen LogP contribution in [0.4, 0.5) is 8.78 Å². The third-order valence-electron chi connectivity index (χ3n) is 4.18. The zero-order valence-corrected chi connectivity index (χ0v) is 13.8. The van der Waals surface area contributed by atoms with Crippen LogP contribution in [0.2, 0.25) is 0 Å². The molecule has 5 nitrogen and oxygen atoms in total. The number of methoxy groups -OCH3 is 1. The van der Waals surface area contributed by atoms with Gasteiger partial charge >= 0.3 is 6.55 Å². The van der Waals surface area contributed by atoms with Gasteiger partial charge < -0.3 is 9.47 Å². The zero-order chi connectivity index (χ0) is 17.1. The van der Waals surface area contributed by atoms with Crippen LogP contribution in [0.25, 0.3) is 11.1 Å². The van der Waals surface area contributed by atoms with Crippen LogP contribution in [0, 0.1) is 6.92 Å². The third-order valence-corrected chi connectivity index (χ3v) is 4.18. The van der Waals surface area contributed by atoms with Crippen molar-refractivity contribution in [1.82, 2.24) is 14.7 Å². The molecule has 0 spiro atoms. The largest absolute Gasteiger partial charge is 0.496 e. The number of nitrogens with zero attached hydrogens (tertiary/aromatic N) is 3. The molecular weight excluding hydrogens is 316 g/mol. The number of aromatic nitrogens is 2. The number of aryl methyl sites for hydroxylation is 1. The molecule has 1 fully saturated rings. The lowest BCUT2D eigenvalue weighted by molar-refractivity contribution is 0.0342. The molecule has 0 atom stereocenters. The number of halogens is 2. The third kappa shape index (κ3) is 3.57. The molecular formula is C17H21F2N3O2. The van der Waals surface area contributed by atoms with Crippen LogP contribution in [-0.2, 0) is 11.3 Å². The van der Waals surface area contributed by atoms with Gasteiger partial charge in [0.15, 0.2) is 0 Å². The predicted molar refractivity (Wildman–Crippen MR) is 86.3 cm³/mol. The molecule has 0 N–H and O–H groups in total. The minimum Gasteiger partial charge on any atom is -0.496 e. The lowest BCUT2D eigenvalue weighted by Crippen LogP contribution is -2.35. The number of morpholine rings is 1. The van der Waals surface area contributed by atoms with E-state index in [0.717, 1.165) is 44.0 Å². The van der Waals surface area contributed by atoms with E-state index in [2.05, 4.69) is 10.00 Å². The number of ether oxygens (including phenoxy) is 2. The lowest BCUT2D eigenvalue weighted by Gasteiger charge is -2.26. The molecule has 1 aromatic heterocycles. The first-order valence-electron chi connectivity index (χ1n) is 7.90. The fourth-order valence-electron chi connectivity index (χ4n) is 2.93. The second kappa shape index (κ2) is 7.27. The van der Waals surface area contributed by atoms with Crippen LogP contribution in [-0.4, -0.2) is 48.1 Å². The van der Waals surface area contributed by atoms with Gasteiger partial charge in [0, 0.05) is 37.0 Å². The van der Waals surface area contributed by atoms with Gasteiger partial charge in [-0.15, -0.1) is 0 Å². The summed E-state index contributed by atoms with van der Waals surface area (Å²) in [6, 6.07) is 5.88. The molecule has 3 rings (SSSR count). The first-order chi connectivity index (χ1) is 11.6. The van der Waals surface area contributed by atoms with Crippen LogP contribution in [0.1, 0.15) is 17.8 Å². The molecule has 0 radical (unpaired) electrons. The van der Waals surface area contributed by atoms with Gasteiger partial charge in [0.2, 0.25) is 0 Å². The molecule has 1 aliphatic heterocycles. The van der Waals surface area contributed by atoms with Gasteiger partial charge in [-0.3, -0.25) is 4.90 Å². The molecule has 2 heterocycles. The van der Waals surface area contributed by atoms with E-state index in [1.807, 2.05) is 18.2 Å². The molecule has 0 unspecified atom stereocenters. The first-order valence-corrected chi connectivity index (χ1v) is 7.90. The van der Waals surface area contributed by atoms with Crippen molar-refractivity contribution in [2.45, 2.75) is 20.0 Å². The molecule has 2 aromatic rings. The maximum atomic E-state index is 12.9. The molecule has 130 valence electrons. The van der Waals surface area contributed by atoms with Gasteiger partial charge in [0.05, 0.1) is 26.0 Å². The number of alkyl halides is 2. The normalized spacial score (nSPS) is 15.9. The molecule has 1 aromatic carbocycles. The highest BCUT2D eigenvalue weighted by atomic mass is 19.3. The van der Waals surface area contributed by atoms with Gasteiger partial charge in [-0.1, -0.05) is 6.07 Å². The second-order valence-corrected chi connectivity index (χ2v) is 5.81. The Morgan fingerprint density at radius 1 is 1.25 bits per heavy atom. The maximum Gasteiger partial charge on any atom is 0.333 e. The van der Waals surface area contributed by atoms with E-state index in [1.165, 1.54) is 6.20 Å². The van der Waals surface area contributed by atoms with Crippen molar-refractivity contribution in [2.24, 2.45) is 0 Å². The quantitative estimate of drug-likeness (QED) is 0.840. The van der Waals surface area contributed by atoms with Crippen molar-refractivity contribution < 1.29 is 18.3 Å². The van der Waals surface area contributed by atoms with Gasteiger partial charge in [0.1, 0.15) is 5.75 Å². The van der Waals surface area contributed by atoms with Gasteiger partial charge in [-0.05, 0) is 24.6 Å². The Bertz CT molecular complexity index is 697. The lowest BCUT2D eigenvalue weighted by atomic mass is 10.0. The SMILES string of the molecule is COc1ccc(CN2CCOCC2)cc1-c1cn(C(F)F)nc1C. The fraction of sp³-hybridized carbons (Fsp3) is 0.471. The molecule has 0 bridgehead atoms. The summed E-state index contributed by atoms with van der Waals surface area (Å²) in [4.78, 5) is 2.31. The van der Waals surface area contributed by atoms with E-state index in [0.29, 0.717) is 21.7 Å². The van der Waals surface area contributed by atoms with Crippen molar-refractivity contribution in [2.75, 3.05) is 33.4 Å². The highest BCUT2D eigenvalue weighted by Gasteiger charge is 2.17. The number of hydrogen-bond acceptors (Lipinski definition) is 4. The highest BCUT2D eigenvalue weighted by molar-refractivity contribution is 5.72. The van der Waals surface area contributed by atoms with Crippen LogP contribution in [0.15, 0.2) is 24.4 Å². The summed E-state index contributed by atoms with van der Waals surface area (Å²) in [7, 11) is 1.58. The zero-order valence-electron chi connectivity index (χ0n) is 13.8. The Labute approximate surface area is 139 Å². The molecule has 0 aliphatic carbocycles. The second-order valence-electron chi connectivity index (χ2n) is 5.81. The van der Waals surface area contributed by atoms with E-state index < -0.39 is 6.55 Å². The van der Waals surface area contributed by atoms with E-state index in [1.54, 1.807) is 14.0 Å². The van der Waals surface area contributed by atoms with E-state index in [9.17, 15) is 8.78 Å². The number of rotatable bonds is 5. The summed E-state index contributed by atoms with van der Waals surface area (Å²) < 4.78 is 37.2. The Kier molecular flexibility index (Phi) is 5.11. The molecule has 24 heavy (non-hydrogen) atoms. The molecule has 0 saturated carbocycles. The Morgan fingerprint density at radius 2 is 2.00 bits per heavy atom. The van der Waals surface area contributed by atoms with Gasteiger partial charge in [0.25, 0.3) is 0 Å². The molecule has 0 amide bonds. The average molecular weight is 337 g/mol. The van der Waals surface area contributed by atoms with Gasteiger partial charge in [-0.2, -0.15) is 13.9 Å². The smallest absolute Gasteiger partial charge is 0.333 e. The summed E-state index contributed by atoms with van der Waals surface area (Å²) in [6.07, 6.45) is 1.37. The standard InChI is InChI=1S/C17H21F2N3O2/c1-12-15(11-22(20-12)17(18)19)14-9-13(3-4-16(14)23-2)10-21-5-7-24-8-6-21/h3-4,9,11,17H,5-8,10H2,1-2H3. The monoisotopic (exact) mass is 337 g/mol. The van der Waals surface area contributed by atoms with Crippen molar-refractivity contribution in [3.63, 3.8) is 0 Å². The summed E-state index contributed by atoms with van der Waals surface area (Å²) in [5.41, 5.74) is 3.11. The van der Waals surface area contributed by atoms with Crippen LogP contribution in [0.5, 0.6) is 5.75 Å². The summed E-state index contributed by atoms with van der Waals surface area (Å²) in [6.45, 7) is 3.13. The molecule has 1 aliphatic rings. The highest BCUT2D eigenvalue weighted by Crippen LogP contribution is 2.34. The van der Waals surface area contributed by atoms with E-state index in [-0.39, 0.29) is 0 Å². The first kappa shape index (κ1) is 16.9. The predicted octanol–water partition coefficient (Wildman–Crippen LogP) is 3.09. The number of hydrogen-bond donors (Lipinski definition) is 0. The summed E-state index contributed by atoms with van der Waals surface area (Å²) in [5, 5.41) is 3.89. The van der Waals surface area contributed by atoms with Crippen LogP contribution < -0.4 is 4.74 Å². The minimum atomic E-state index is -2.65. The fourth-order valence-corrected chi connectivity index (χ4v) is 2.93. The molecule has 1 saturated heterocycles. The van der Waals surface area contributed by atoms with E-state index in [4.69, 9.17) is 9.47 Å². The average Bonchev–Trinajstić information content (AvgIpc) is 2.98. The number of benzene rings is 1. The molecule has 7 heteroatoms. The summed E-state index contributed by atoms with van der Waals surface area (Å²) >= 11 is 0. The van der Waals surface area contributed by atoms with Crippen molar-refractivity contribution in [3.05, 3.63) is 35.7 Å². The Morgan fingerprint density at radius 3 is 2.62 bits per heavy atom.